The summed E-state index contributed by atoms with van der Waals surface area (Å²) in [4.78, 5) is 0. The third kappa shape index (κ3) is 3.56. The third-order valence-corrected chi connectivity index (χ3v) is 12.9. The molecule has 1 heteroatoms. The summed E-state index contributed by atoms with van der Waals surface area (Å²) in [5.74, 6) is 2.97. The average molecular weight is 455 g/mol. The molecule has 3 fully saturated rings. The van der Waals surface area contributed by atoms with E-state index in [1.54, 1.807) is 5.57 Å². The van der Waals surface area contributed by atoms with Crippen LogP contribution in [0.25, 0.3) is 0 Å². The molecule has 0 amide bonds. The molecule has 0 unspecified atom stereocenters. The lowest BCUT2D eigenvalue weighted by molar-refractivity contribution is -0.118. The Morgan fingerprint density at radius 1 is 1.06 bits per heavy atom. The molecule has 0 aromatic heterocycles. The van der Waals surface area contributed by atoms with Gasteiger partial charge < -0.3 is 5.11 Å². The number of allylic oxidation sites excluding steroid dienone is 3. The standard InChI is InChI=1S/C32H54O/c1-21(2)28(4,5)17-13-22(3)23-14-19-32(10)25-11-12-26-29(6,7)27(33)16-18-30(26,8)24(25)15-20-31(23,32)9/h15,22-23,25-27,33H,1,11-14,16-20H2,2-10H3/t22-,23-,25-,26+,27-,30-,31-,32+/m1/s1. The Balaban J connectivity index is 1.61. The summed E-state index contributed by atoms with van der Waals surface area (Å²) in [7, 11) is 0. The van der Waals surface area contributed by atoms with Gasteiger partial charge in [0.25, 0.3) is 0 Å². The van der Waals surface area contributed by atoms with Crippen molar-refractivity contribution in [2.45, 2.75) is 126 Å². The highest BCUT2D eigenvalue weighted by Crippen LogP contribution is 2.73. The lowest BCUT2D eigenvalue weighted by Gasteiger charge is -2.64. The zero-order valence-corrected chi connectivity index (χ0v) is 23.5. The zero-order valence-electron chi connectivity index (χ0n) is 23.5. The molecule has 0 bridgehead atoms. The summed E-state index contributed by atoms with van der Waals surface area (Å²) in [6.45, 7) is 26.4. The van der Waals surface area contributed by atoms with Crippen LogP contribution in [0.2, 0.25) is 0 Å². The molecular weight excluding hydrogens is 400 g/mol. The Hall–Kier alpha value is -0.560. The van der Waals surface area contributed by atoms with Crippen LogP contribution in [0.3, 0.4) is 0 Å². The van der Waals surface area contributed by atoms with Gasteiger partial charge in [0.15, 0.2) is 0 Å². The second kappa shape index (κ2) is 7.97. The van der Waals surface area contributed by atoms with Crippen LogP contribution in [0.4, 0.5) is 0 Å². The first kappa shape index (κ1) is 25.5. The van der Waals surface area contributed by atoms with E-state index in [0.29, 0.717) is 16.7 Å². The molecule has 8 atom stereocenters. The second-order valence-electron chi connectivity index (χ2n) is 15.0. The van der Waals surface area contributed by atoms with Gasteiger partial charge in [-0.2, -0.15) is 0 Å². The van der Waals surface area contributed by atoms with E-state index < -0.39 is 0 Å². The van der Waals surface area contributed by atoms with Crippen molar-refractivity contribution in [3.8, 4) is 0 Å². The Morgan fingerprint density at radius 3 is 2.36 bits per heavy atom. The predicted octanol–water partition coefficient (Wildman–Crippen LogP) is 8.97. The van der Waals surface area contributed by atoms with Crippen LogP contribution in [-0.4, -0.2) is 11.2 Å². The molecule has 1 N–H and O–H groups in total. The predicted molar refractivity (Wildman–Crippen MR) is 142 cm³/mol. The van der Waals surface area contributed by atoms with Gasteiger partial charge in [0.05, 0.1) is 6.10 Å². The van der Waals surface area contributed by atoms with Crippen molar-refractivity contribution in [2.24, 2.45) is 50.7 Å². The van der Waals surface area contributed by atoms with Crippen molar-refractivity contribution in [1.82, 2.24) is 0 Å². The largest absolute Gasteiger partial charge is 0.393 e. The molecule has 0 saturated heterocycles. The molecule has 4 aliphatic carbocycles. The van der Waals surface area contributed by atoms with Crippen molar-refractivity contribution >= 4 is 0 Å². The van der Waals surface area contributed by atoms with Crippen molar-refractivity contribution in [2.75, 3.05) is 0 Å². The minimum absolute atomic E-state index is 0.0310. The molecule has 3 saturated carbocycles. The molecule has 4 aliphatic rings. The first-order valence-corrected chi connectivity index (χ1v) is 14.2. The summed E-state index contributed by atoms with van der Waals surface area (Å²) < 4.78 is 0. The molecule has 0 aromatic rings. The fraction of sp³-hybridized carbons (Fsp3) is 0.875. The third-order valence-electron chi connectivity index (χ3n) is 12.9. The molecule has 0 aliphatic heterocycles. The molecule has 0 aromatic carbocycles. The number of fused-ring (bicyclic) bond motifs is 5. The summed E-state index contributed by atoms with van der Waals surface area (Å²) >= 11 is 0. The van der Waals surface area contributed by atoms with Gasteiger partial charge in [-0.25, -0.2) is 0 Å². The Bertz CT molecular complexity index is 816. The SMILES string of the molecule is C=C(C)C(C)(C)CC[C@@H](C)[C@H]1CC[C@@]2(C)[C@@H]3CC[C@H]4C(C)(C)[C@H](O)CC[C@]4(C)C3=CC[C@]12C. The Labute approximate surface area is 205 Å². The first-order chi connectivity index (χ1) is 15.1. The molecular formula is C32H54O. The number of aliphatic hydroxyl groups excluding tert-OH is 1. The van der Waals surface area contributed by atoms with E-state index in [9.17, 15) is 5.11 Å². The minimum Gasteiger partial charge on any atom is -0.393 e. The van der Waals surface area contributed by atoms with E-state index in [0.717, 1.165) is 24.2 Å². The molecule has 0 heterocycles. The maximum Gasteiger partial charge on any atom is 0.0594 e. The van der Waals surface area contributed by atoms with Gasteiger partial charge in [0, 0.05) is 0 Å². The molecule has 1 nitrogen and oxygen atoms in total. The highest BCUT2D eigenvalue weighted by molar-refractivity contribution is 5.32. The van der Waals surface area contributed by atoms with Crippen LogP contribution in [-0.2, 0) is 0 Å². The van der Waals surface area contributed by atoms with Crippen molar-refractivity contribution in [1.29, 1.82) is 0 Å². The fourth-order valence-electron chi connectivity index (χ4n) is 9.67. The van der Waals surface area contributed by atoms with E-state index in [1.165, 1.54) is 56.9 Å². The van der Waals surface area contributed by atoms with Crippen LogP contribution in [0, 0.1) is 50.7 Å². The quantitative estimate of drug-likeness (QED) is 0.411. The first-order valence-electron chi connectivity index (χ1n) is 14.2. The summed E-state index contributed by atoms with van der Waals surface area (Å²) in [5.41, 5.74) is 4.54. The summed E-state index contributed by atoms with van der Waals surface area (Å²) in [6, 6.07) is 0. The van der Waals surface area contributed by atoms with Crippen LogP contribution in [0.1, 0.15) is 120 Å². The van der Waals surface area contributed by atoms with E-state index in [2.05, 4.69) is 75.0 Å². The van der Waals surface area contributed by atoms with E-state index in [1.807, 2.05) is 0 Å². The highest BCUT2D eigenvalue weighted by atomic mass is 16.3. The van der Waals surface area contributed by atoms with Gasteiger partial charge in [-0.05, 0) is 115 Å². The van der Waals surface area contributed by atoms with E-state index in [-0.39, 0.29) is 22.3 Å². The lowest BCUT2D eigenvalue weighted by atomic mass is 9.41. The van der Waals surface area contributed by atoms with Crippen LogP contribution in [0.5, 0.6) is 0 Å². The maximum absolute atomic E-state index is 10.8. The topological polar surface area (TPSA) is 20.2 Å². The number of hydrogen-bond acceptors (Lipinski definition) is 1. The highest BCUT2D eigenvalue weighted by Gasteiger charge is 2.65. The molecule has 0 radical (unpaired) electrons. The normalized spacial score (nSPS) is 45.5. The maximum atomic E-state index is 10.8. The van der Waals surface area contributed by atoms with Crippen molar-refractivity contribution in [3.63, 3.8) is 0 Å². The zero-order chi connectivity index (χ0) is 24.6. The van der Waals surface area contributed by atoms with Gasteiger partial charge in [-0.15, -0.1) is 0 Å². The van der Waals surface area contributed by atoms with E-state index >= 15 is 0 Å². The van der Waals surface area contributed by atoms with Gasteiger partial charge >= 0.3 is 0 Å². The monoisotopic (exact) mass is 454 g/mol. The Morgan fingerprint density at radius 2 is 1.73 bits per heavy atom. The van der Waals surface area contributed by atoms with Crippen LogP contribution in [0.15, 0.2) is 23.8 Å². The lowest BCUT2D eigenvalue weighted by Crippen LogP contribution is -2.57. The van der Waals surface area contributed by atoms with E-state index in [4.69, 9.17) is 0 Å². The summed E-state index contributed by atoms with van der Waals surface area (Å²) in [5, 5.41) is 10.8. The molecule has 188 valence electrons. The second-order valence-corrected chi connectivity index (χ2v) is 15.0. The molecule has 4 rings (SSSR count). The average Bonchev–Trinajstić information content (AvgIpc) is 3.01. The number of aliphatic hydroxyl groups is 1. The van der Waals surface area contributed by atoms with Gasteiger partial charge in [-0.1, -0.05) is 79.2 Å². The molecule has 0 spiro atoms. The Kier molecular flexibility index (Phi) is 6.17. The number of rotatable bonds is 5. The van der Waals surface area contributed by atoms with Crippen molar-refractivity contribution in [3.05, 3.63) is 23.8 Å². The van der Waals surface area contributed by atoms with Crippen LogP contribution < -0.4 is 0 Å². The summed E-state index contributed by atoms with van der Waals surface area (Å²) in [6.07, 6.45) is 14.0. The molecule has 33 heavy (non-hydrogen) atoms. The van der Waals surface area contributed by atoms with Gasteiger partial charge in [0.2, 0.25) is 0 Å². The number of hydrogen-bond donors (Lipinski definition) is 1. The van der Waals surface area contributed by atoms with Crippen molar-refractivity contribution < 1.29 is 5.11 Å². The minimum atomic E-state index is -0.141. The van der Waals surface area contributed by atoms with Gasteiger partial charge in [0.1, 0.15) is 0 Å². The van der Waals surface area contributed by atoms with Gasteiger partial charge in [-0.3, -0.25) is 0 Å². The smallest absolute Gasteiger partial charge is 0.0594 e. The fourth-order valence-corrected chi connectivity index (χ4v) is 9.67. The van der Waals surface area contributed by atoms with Crippen LogP contribution >= 0.6 is 0 Å².